The molecule has 156 valence electrons. The molecule has 2 amide bonds. The molecule has 1 N–H and O–H groups in total. The first kappa shape index (κ1) is 21.0. The second kappa shape index (κ2) is 8.72. The highest BCUT2D eigenvalue weighted by atomic mass is 16.5. The zero-order chi connectivity index (χ0) is 21.0. The van der Waals surface area contributed by atoms with Gasteiger partial charge in [0.05, 0.1) is 12.2 Å². The Balaban J connectivity index is 1.75. The van der Waals surface area contributed by atoms with Gasteiger partial charge in [0.1, 0.15) is 11.5 Å². The van der Waals surface area contributed by atoms with Gasteiger partial charge in [-0.25, -0.2) is 0 Å². The van der Waals surface area contributed by atoms with Gasteiger partial charge in [0.25, 0.3) is 11.8 Å². The highest BCUT2D eigenvalue weighted by molar-refractivity contribution is 5.98. The predicted octanol–water partition coefficient (Wildman–Crippen LogP) is 4.42. The predicted molar refractivity (Wildman–Crippen MR) is 112 cm³/mol. The molecule has 2 heterocycles. The Morgan fingerprint density at radius 2 is 1.97 bits per heavy atom. The maximum atomic E-state index is 12.5. The number of anilines is 1. The molecule has 0 fully saturated rings. The molecule has 0 unspecified atom stereocenters. The first-order valence-corrected chi connectivity index (χ1v) is 10.2. The second-order valence-electron chi connectivity index (χ2n) is 8.43. The molecule has 0 saturated carbocycles. The number of ether oxygens (including phenoxy) is 1. The summed E-state index contributed by atoms with van der Waals surface area (Å²) in [6.07, 6.45) is 3.14. The van der Waals surface area contributed by atoms with E-state index in [2.05, 4.69) is 33.0 Å². The lowest BCUT2D eigenvalue weighted by molar-refractivity contribution is -0.121. The van der Waals surface area contributed by atoms with Gasteiger partial charge in [-0.3, -0.25) is 14.5 Å². The Hall–Kier alpha value is -2.76. The maximum absolute atomic E-state index is 12.5. The van der Waals surface area contributed by atoms with E-state index in [9.17, 15) is 9.59 Å². The van der Waals surface area contributed by atoms with Crippen molar-refractivity contribution in [2.24, 2.45) is 0 Å². The van der Waals surface area contributed by atoms with Crippen LogP contribution in [0.2, 0.25) is 0 Å². The summed E-state index contributed by atoms with van der Waals surface area (Å²) < 4.78 is 11.3. The van der Waals surface area contributed by atoms with Crippen LogP contribution in [0.1, 0.15) is 68.8 Å². The summed E-state index contributed by atoms with van der Waals surface area (Å²) in [4.78, 5) is 26.4. The molecule has 29 heavy (non-hydrogen) atoms. The molecule has 6 nitrogen and oxygen atoms in total. The van der Waals surface area contributed by atoms with E-state index in [0.717, 1.165) is 30.5 Å². The van der Waals surface area contributed by atoms with Crippen molar-refractivity contribution in [2.45, 2.75) is 58.9 Å². The van der Waals surface area contributed by atoms with Gasteiger partial charge >= 0.3 is 0 Å². The highest BCUT2D eigenvalue weighted by Gasteiger charge is 2.28. The minimum absolute atomic E-state index is 0.00660. The Labute approximate surface area is 172 Å². The monoisotopic (exact) mass is 398 g/mol. The Morgan fingerprint density at radius 3 is 2.69 bits per heavy atom. The zero-order valence-corrected chi connectivity index (χ0v) is 17.7. The highest BCUT2D eigenvalue weighted by Crippen LogP contribution is 2.37. The lowest BCUT2D eigenvalue weighted by atomic mass is 9.86. The SMILES string of the molecule is CCCCCNC(=O)c1ccc(CN2C(=O)COc3ccc(C(C)(C)C)cc32)o1. The lowest BCUT2D eigenvalue weighted by Crippen LogP contribution is -2.38. The number of hydrogen-bond acceptors (Lipinski definition) is 4. The van der Waals surface area contributed by atoms with Gasteiger partial charge in [0, 0.05) is 6.54 Å². The van der Waals surface area contributed by atoms with Crippen molar-refractivity contribution < 1.29 is 18.7 Å². The van der Waals surface area contributed by atoms with Crippen LogP contribution in [0.5, 0.6) is 5.75 Å². The van der Waals surface area contributed by atoms with Gasteiger partial charge in [0.15, 0.2) is 12.4 Å². The Bertz CT molecular complexity index is 879. The lowest BCUT2D eigenvalue weighted by Gasteiger charge is -2.30. The Morgan fingerprint density at radius 1 is 1.17 bits per heavy atom. The third-order valence-corrected chi connectivity index (χ3v) is 5.03. The van der Waals surface area contributed by atoms with E-state index >= 15 is 0 Å². The van der Waals surface area contributed by atoms with E-state index in [0.29, 0.717) is 18.1 Å². The van der Waals surface area contributed by atoms with Gasteiger partial charge in [-0.2, -0.15) is 0 Å². The molecule has 0 spiro atoms. The number of unbranched alkanes of at least 4 members (excludes halogenated alkanes) is 2. The van der Waals surface area contributed by atoms with E-state index in [4.69, 9.17) is 9.15 Å². The van der Waals surface area contributed by atoms with E-state index in [1.54, 1.807) is 17.0 Å². The molecule has 0 atom stereocenters. The van der Waals surface area contributed by atoms with Gasteiger partial charge in [-0.05, 0) is 41.7 Å². The molecule has 1 aromatic carbocycles. The molecule has 0 aliphatic carbocycles. The second-order valence-corrected chi connectivity index (χ2v) is 8.43. The third kappa shape index (κ3) is 5.00. The van der Waals surface area contributed by atoms with Gasteiger partial charge in [-0.1, -0.05) is 46.6 Å². The van der Waals surface area contributed by atoms with Crippen LogP contribution in [0.15, 0.2) is 34.7 Å². The standard InChI is InChI=1S/C23H30N2O4/c1-5-6-7-12-24-22(27)20-11-9-17(29-20)14-25-18-13-16(23(2,3)4)8-10-19(18)28-15-21(25)26/h8-11,13H,5-7,12,14-15H2,1-4H3,(H,24,27). The van der Waals surface area contributed by atoms with Crippen LogP contribution < -0.4 is 15.0 Å². The molecule has 0 saturated heterocycles. The van der Waals surface area contributed by atoms with Crippen molar-refractivity contribution in [3.8, 4) is 5.75 Å². The number of carbonyl (C=O) groups excluding carboxylic acids is 2. The molecule has 0 radical (unpaired) electrons. The van der Waals surface area contributed by atoms with Crippen LogP contribution in [-0.4, -0.2) is 25.0 Å². The number of benzene rings is 1. The van der Waals surface area contributed by atoms with Crippen molar-refractivity contribution in [1.29, 1.82) is 0 Å². The molecule has 2 aromatic rings. The summed E-state index contributed by atoms with van der Waals surface area (Å²) >= 11 is 0. The van der Waals surface area contributed by atoms with Crippen molar-refractivity contribution in [3.05, 3.63) is 47.4 Å². The van der Waals surface area contributed by atoms with Crippen LogP contribution >= 0.6 is 0 Å². The normalized spacial score (nSPS) is 13.8. The molecule has 1 aromatic heterocycles. The molecule has 6 heteroatoms. The fraction of sp³-hybridized carbons (Fsp3) is 0.478. The van der Waals surface area contributed by atoms with Gasteiger partial charge in [0.2, 0.25) is 0 Å². The molecule has 0 bridgehead atoms. The number of nitrogens with one attached hydrogen (secondary N) is 1. The van der Waals surface area contributed by atoms with Crippen LogP contribution in [0.4, 0.5) is 5.69 Å². The number of fused-ring (bicyclic) bond motifs is 1. The molecular weight excluding hydrogens is 368 g/mol. The zero-order valence-electron chi connectivity index (χ0n) is 17.7. The van der Waals surface area contributed by atoms with E-state index < -0.39 is 0 Å². The first-order valence-electron chi connectivity index (χ1n) is 10.2. The minimum Gasteiger partial charge on any atom is -0.482 e. The number of nitrogens with zero attached hydrogens (tertiary/aromatic N) is 1. The minimum atomic E-state index is -0.226. The molecule has 1 aliphatic heterocycles. The van der Waals surface area contributed by atoms with Crippen LogP contribution in [0, 0.1) is 0 Å². The topological polar surface area (TPSA) is 71.8 Å². The summed E-state index contributed by atoms with van der Waals surface area (Å²) in [5.74, 6) is 1.14. The number of rotatable bonds is 7. The van der Waals surface area contributed by atoms with Crippen molar-refractivity contribution in [3.63, 3.8) is 0 Å². The van der Waals surface area contributed by atoms with Gasteiger partial charge < -0.3 is 14.5 Å². The van der Waals surface area contributed by atoms with E-state index in [-0.39, 0.29) is 36.1 Å². The smallest absolute Gasteiger partial charge is 0.286 e. The first-order chi connectivity index (χ1) is 13.8. The summed E-state index contributed by atoms with van der Waals surface area (Å²) in [6, 6.07) is 9.34. The summed E-state index contributed by atoms with van der Waals surface area (Å²) in [7, 11) is 0. The number of amides is 2. The summed E-state index contributed by atoms with van der Waals surface area (Å²) in [5.41, 5.74) is 1.80. The fourth-order valence-electron chi connectivity index (χ4n) is 3.25. The van der Waals surface area contributed by atoms with Gasteiger partial charge in [-0.15, -0.1) is 0 Å². The van der Waals surface area contributed by atoms with Crippen molar-refractivity contribution in [1.82, 2.24) is 5.32 Å². The van der Waals surface area contributed by atoms with Crippen LogP contribution in [0.3, 0.4) is 0 Å². The van der Waals surface area contributed by atoms with Crippen LogP contribution in [-0.2, 0) is 16.8 Å². The van der Waals surface area contributed by atoms with Crippen molar-refractivity contribution in [2.75, 3.05) is 18.1 Å². The third-order valence-electron chi connectivity index (χ3n) is 5.03. The largest absolute Gasteiger partial charge is 0.482 e. The summed E-state index contributed by atoms with van der Waals surface area (Å²) in [6.45, 7) is 9.39. The molecule has 1 aliphatic rings. The molecular formula is C23H30N2O4. The molecule has 3 rings (SSSR count). The van der Waals surface area contributed by atoms with Crippen LogP contribution in [0.25, 0.3) is 0 Å². The average Bonchev–Trinajstić information content (AvgIpc) is 3.15. The quantitative estimate of drug-likeness (QED) is 0.701. The summed E-state index contributed by atoms with van der Waals surface area (Å²) in [5, 5.41) is 2.87. The number of furan rings is 1. The Kier molecular flexibility index (Phi) is 6.30. The van der Waals surface area contributed by atoms with E-state index in [1.165, 1.54) is 0 Å². The number of carbonyl (C=O) groups is 2. The average molecular weight is 399 g/mol. The van der Waals surface area contributed by atoms with Crippen molar-refractivity contribution >= 4 is 17.5 Å². The fourth-order valence-corrected chi connectivity index (χ4v) is 3.25. The maximum Gasteiger partial charge on any atom is 0.286 e. The number of hydrogen-bond donors (Lipinski definition) is 1. The van der Waals surface area contributed by atoms with E-state index in [1.807, 2.05) is 18.2 Å².